The summed E-state index contributed by atoms with van der Waals surface area (Å²) in [6, 6.07) is 11.2. The van der Waals surface area contributed by atoms with Crippen molar-refractivity contribution in [2.45, 2.75) is 38.8 Å². The SMILES string of the molecule is Cc1c(F)cccc1-c1[c]cc(C[C@@H](N(C)C)C(C)(C)O)cc1O. The van der Waals surface area contributed by atoms with Gasteiger partial charge in [-0.3, -0.25) is 0 Å². The van der Waals surface area contributed by atoms with Crippen LogP contribution < -0.4 is 0 Å². The number of halogens is 1. The van der Waals surface area contributed by atoms with Crippen LogP contribution in [0.5, 0.6) is 5.75 Å². The van der Waals surface area contributed by atoms with Crippen LogP contribution >= 0.6 is 0 Å². The number of aliphatic hydroxyl groups is 1. The molecule has 0 aliphatic heterocycles. The monoisotopic (exact) mass is 330 g/mol. The first kappa shape index (κ1) is 18.4. The Bertz CT molecular complexity index is 720. The summed E-state index contributed by atoms with van der Waals surface area (Å²) in [5.74, 6) is -0.242. The summed E-state index contributed by atoms with van der Waals surface area (Å²) in [6.45, 7) is 5.22. The number of rotatable bonds is 5. The van der Waals surface area contributed by atoms with Gasteiger partial charge < -0.3 is 15.1 Å². The summed E-state index contributed by atoms with van der Waals surface area (Å²) in [5, 5.41) is 20.7. The zero-order chi connectivity index (χ0) is 18.1. The second kappa shape index (κ2) is 6.91. The summed E-state index contributed by atoms with van der Waals surface area (Å²) in [7, 11) is 3.83. The maximum absolute atomic E-state index is 13.7. The zero-order valence-corrected chi connectivity index (χ0v) is 14.9. The standard InChI is InChI=1S/C20H25FNO2/c1-13-15(7-6-8-17(13)21)16-10-9-14(11-18(16)23)12-19(22(4)5)20(2,3)24/h6-9,11,19,23-24H,12H2,1-5H3/t19-/m1/s1. The molecule has 0 aromatic heterocycles. The van der Waals surface area contributed by atoms with E-state index in [1.807, 2.05) is 19.0 Å². The Hall–Kier alpha value is -1.91. The summed E-state index contributed by atoms with van der Waals surface area (Å²) < 4.78 is 13.7. The van der Waals surface area contributed by atoms with Crippen LogP contribution in [0.3, 0.4) is 0 Å². The highest BCUT2D eigenvalue weighted by Gasteiger charge is 2.29. The third-order valence-electron chi connectivity index (χ3n) is 4.39. The van der Waals surface area contributed by atoms with Gasteiger partial charge in [-0.05, 0) is 76.2 Å². The largest absolute Gasteiger partial charge is 0.507 e. The van der Waals surface area contributed by atoms with Crippen LogP contribution in [0.25, 0.3) is 11.1 Å². The lowest BCUT2D eigenvalue weighted by molar-refractivity contribution is -0.00168. The number of aromatic hydroxyl groups is 1. The van der Waals surface area contributed by atoms with Crippen molar-refractivity contribution in [3.63, 3.8) is 0 Å². The lowest BCUT2D eigenvalue weighted by atomic mass is 9.90. The average Bonchev–Trinajstić information content (AvgIpc) is 2.47. The number of phenols is 1. The van der Waals surface area contributed by atoms with Crippen LogP contribution in [0.4, 0.5) is 4.39 Å². The van der Waals surface area contributed by atoms with E-state index in [1.54, 1.807) is 45.0 Å². The number of benzene rings is 2. The van der Waals surface area contributed by atoms with Gasteiger partial charge in [0.15, 0.2) is 0 Å². The molecule has 1 atom stereocenters. The van der Waals surface area contributed by atoms with Gasteiger partial charge in [-0.2, -0.15) is 0 Å². The van der Waals surface area contributed by atoms with Gasteiger partial charge in [0.25, 0.3) is 0 Å². The quantitative estimate of drug-likeness (QED) is 0.881. The Labute approximate surface area is 143 Å². The van der Waals surface area contributed by atoms with Crippen LogP contribution in [0.1, 0.15) is 25.0 Å². The van der Waals surface area contributed by atoms with Crippen molar-refractivity contribution in [3.05, 3.63) is 53.3 Å². The highest BCUT2D eigenvalue weighted by atomic mass is 19.1. The molecule has 129 valence electrons. The molecular formula is C20H25FNO2. The normalized spacial score (nSPS) is 13.3. The summed E-state index contributed by atoms with van der Waals surface area (Å²) in [6.07, 6.45) is 0.572. The lowest BCUT2D eigenvalue weighted by Gasteiger charge is -2.35. The predicted octanol–water partition coefficient (Wildman–Crippen LogP) is 3.55. The minimum atomic E-state index is -0.878. The Kier molecular flexibility index (Phi) is 5.31. The number of hydrogen-bond acceptors (Lipinski definition) is 3. The molecule has 0 saturated carbocycles. The molecule has 2 N–H and O–H groups in total. The third-order valence-corrected chi connectivity index (χ3v) is 4.39. The summed E-state index contributed by atoms with van der Waals surface area (Å²) in [5.41, 5.74) is 1.59. The average molecular weight is 330 g/mol. The van der Waals surface area contributed by atoms with Crippen molar-refractivity contribution in [2.24, 2.45) is 0 Å². The fraction of sp³-hybridized carbons (Fsp3) is 0.400. The van der Waals surface area contributed by atoms with Crippen LogP contribution in [-0.4, -0.2) is 40.9 Å². The fourth-order valence-electron chi connectivity index (χ4n) is 3.03. The van der Waals surface area contributed by atoms with E-state index in [0.717, 1.165) is 5.56 Å². The fourth-order valence-corrected chi connectivity index (χ4v) is 3.03. The van der Waals surface area contributed by atoms with E-state index in [-0.39, 0.29) is 17.6 Å². The highest BCUT2D eigenvalue weighted by molar-refractivity contribution is 5.72. The third kappa shape index (κ3) is 3.94. The topological polar surface area (TPSA) is 43.7 Å². The molecule has 0 fully saturated rings. The van der Waals surface area contributed by atoms with Crippen LogP contribution in [0.15, 0.2) is 30.3 Å². The van der Waals surface area contributed by atoms with Gasteiger partial charge in [0.2, 0.25) is 0 Å². The molecule has 2 rings (SSSR count). The molecule has 1 radical (unpaired) electrons. The minimum absolute atomic E-state index is 0.0643. The van der Waals surface area contributed by atoms with E-state index >= 15 is 0 Å². The van der Waals surface area contributed by atoms with E-state index in [0.29, 0.717) is 23.1 Å². The molecule has 4 heteroatoms. The van der Waals surface area contributed by atoms with Crippen molar-refractivity contribution < 1.29 is 14.6 Å². The molecular weight excluding hydrogens is 305 g/mol. The predicted molar refractivity (Wildman–Crippen MR) is 94.6 cm³/mol. The first-order valence-electron chi connectivity index (χ1n) is 7.99. The zero-order valence-electron chi connectivity index (χ0n) is 14.9. The molecule has 0 aliphatic rings. The summed E-state index contributed by atoms with van der Waals surface area (Å²) in [4.78, 5) is 1.96. The maximum atomic E-state index is 13.7. The molecule has 0 heterocycles. The number of likely N-dealkylation sites (N-methyl/N-ethyl adjacent to an activating group) is 1. The Morgan fingerprint density at radius 2 is 1.96 bits per heavy atom. The second-order valence-corrected chi connectivity index (χ2v) is 7.02. The van der Waals surface area contributed by atoms with Gasteiger partial charge in [-0.15, -0.1) is 0 Å². The van der Waals surface area contributed by atoms with E-state index in [4.69, 9.17) is 0 Å². The first-order valence-corrected chi connectivity index (χ1v) is 7.99. The smallest absolute Gasteiger partial charge is 0.126 e. The van der Waals surface area contributed by atoms with Gasteiger partial charge in [0.1, 0.15) is 11.6 Å². The lowest BCUT2D eigenvalue weighted by Crippen LogP contribution is -2.47. The van der Waals surface area contributed by atoms with Gasteiger partial charge in [-0.25, -0.2) is 4.39 Å². The minimum Gasteiger partial charge on any atom is -0.507 e. The van der Waals surface area contributed by atoms with Crippen LogP contribution in [0, 0.1) is 18.8 Å². The van der Waals surface area contributed by atoms with Crippen molar-refractivity contribution in [1.82, 2.24) is 4.90 Å². The van der Waals surface area contributed by atoms with Crippen molar-refractivity contribution in [1.29, 1.82) is 0 Å². The molecule has 3 nitrogen and oxygen atoms in total. The van der Waals surface area contributed by atoms with Gasteiger partial charge >= 0.3 is 0 Å². The summed E-state index contributed by atoms with van der Waals surface area (Å²) >= 11 is 0. The molecule has 0 bridgehead atoms. The Balaban J connectivity index is 2.35. The molecule has 0 spiro atoms. The number of nitrogens with zero attached hydrogens (tertiary/aromatic N) is 1. The van der Waals surface area contributed by atoms with Crippen molar-refractivity contribution in [2.75, 3.05) is 14.1 Å². The number of hydrogen-bond donors (Lipinski definition) is 2. The van der Waals surface area contributed by atoms with Crippen LogP contribution in [-0.2, 0) is 6.42 Å². The van der Waals surface area contributed by atoms with Crippen molar-refractivity contribution in [3.8, 4) is 16.9 Å². The maximum Gasteiger partial charge on any atom is 0.126 e. The van der Waals surface area contributed by atoms with Crippen LogP contribution in [0.2, 0.25) is 0 Å². The van der Waals surface area contributed by atoms with E-state index in [1.165, 1.54) is 6.07 Å². The molecule has 0 saturated heterocycles. The Morgan fingerprint density at radius 1 is 1.29 bits per heavy atom. The van der Waals surface area contributed by atoms with E-state index < -0.39 is 5.60 Å². The molecule has 2 aromatic carbocycles. The Morgan fingerprint density at radius 3 is 2.50 bits per heavy atom. The van der Waals surface area contributed by atoms with Gasteiger partial charge in [-0.1, -0.05) is 18.2 Å². The molecule has 2 aromatic rings. The molecule has 0 unspecified atom stereocenters. The van der Waals surface area contributed by atoms with Crippen molar-refractivity contribution >= 4 is 0 Å². The number of phenolic OH excluding ortho intramolecular Hbond substituents is 1. The molecule has 0 aliphatic carbocycles. The van der Waals surface area contributed by atoms with E-state index in [2.05, 4.69) is 6.07 Å². The first-order chi connectivity index (χ1) is 11.1. The molecule has 0 amide bonds. The van der Waals surface area contributed by atoms with E-state index in [9.17, 15) is 14.6 Å². The molecule has 24 heavy (non-hydrogen) atoms. The van der Waals surface area contributed by atoms with Gasteiger partial charge in [0, 0.05) is 11.6 Å². The van der Waals surface area contributed by atoms with Gasteiger partial charge in [0.05, 0.1) is 5.60 Å². The highest BCUT2D eigenvalue weighted by Crippen LogP contribution is 2.33. The second-order valence-electron chi connectivity index (χ2n) is 7.02.